The number of allylic oxidation sites excluding steroid dienone is 2. The Bertz CT molecular complexity index is 565. The summed E-state index contributed by atoms with van der Waals surface area (Å²) < 4.78 is 29.8. The molecule has 0 heterocycles. The van der Waals surface area contributed by atoms with Crippen molar-refractivity contribution in [1.29, 1.82) is 0 Å². The van der Waals surface area contributed by atoms with Crippen molar-refractivity contribution in [3.63, 3.8) is 0 Å². The van der Waals surface area contributed by atoms with Crippen LogP contribution in [0.1, 0.15) is 135 Å². The molecule has 0 aromatic carbocycles. The molecule has 0 radical (unpaired) electrons. The average molecular weight is 512 g/mol. The van der Waals surface area contributed by atoms with Gasteiger partial charge in [0, 0.05) is 6.54 Å². The molecule has 0 spiro atoms. The van der Waals surface area contributed by atoms with E-state index in [0.717, 1.165) is 12.8 Å². The molecule has 0 aliphatic carbocycles. The van der Waals surface area contributed by atoms with Gasteiger partial charge in [-0.2, -0.15) is 8.42 Å². The molecule has 0 aromatic heterocycles. The number of rotatable bonds is 24. The third-order valence-electron chi connectivity index (χ3n) is 5.75. The third-order valence-corrected chi connectivity index (χ3v) is 6.56. The van der Waals surface area contributed by atoms with Crippen LogP contribution in [0.2, 0.25) is 0 Å². The van der Waals surface area contributed by atoms with Gasteiger partial charge in [-0.3, -0.25) is 4.55 Å². The minimum Gasteiger partial charge on any atom is -0.862 e. The second-order valence-electron chi connectivity index (χ2n) is 9.02. The quantitative estimate of drug-likeness (QED) is 0.0529. The van der Waals surface area contributed by atoms with Gasteiger partial charge < -0.3 is 10.1 Å². The van der Waals surface area contributed by atoms with E-state index in [-0.39, 0.29) is 63.0 Å². The van der Waals surface area contributed by atoms with Crippen LogP contribution >= 0.6 is 0 Å². The molecule has 0 aliphatic rings. The molecule has 0 saturated carbocycles. The Balaban J connectivity index is 0. The first-order chi connectivity index (χ1) is 15.5. The van der Waals surface area contributed by atoms with Crippen molar-refractivity contribution in [3.05, 3.63) is 12.2 Å². The van der Waals surface area contributed by atoms with Crippen LogP contribution in [0.15, 0.2) is 17.1 Å². The molecule has 0 atom stereocenters. The first-order valence-corrected chi connectivity index (χ1v) is 14.9. The summed E-state index contributed by atoms with van der Waals surface area (Å²) >= 11 is 0. The molecular formula is C26H50KNO4S. The predicted molar refractivity (Wildman–Crippen MR) is 136 cm³/mol. The summed E-state index contributed by atoms with van der Waals surface area (Å²) in [5.74, 6) is -0.342. The molecule has 0 rings (SSSR count). The normalized spacial score (nSPS) is 12.4. The maximum atomic E-state index is 11.6. The summed E-state index contributed by atoms with van der Waals surface area (Å²) in [6, 6.07) is 0. The van der Waals surface area contributed by atoms with Crippen LogP contribution < -0.4 is 56.5 Å². The van der Waals surface area contributed by atoms with E-state index in [4.69, 9.17) is 4.55 Å². The van der Waals surface area contributed by atoms with Crippen LogP contribution in [0.5, 0.6) is 0 Å². The Morgan fingerprint density at radius 2 is 1.18 bits per heavy atom. The number of hydrogen-bond donors (Lipinski definition) is 1. The van der Waals surface area contributed by atoms with Crippen LogP contribution in [0.3, 0.4) is 0 Å². The van der Waals surface area contributed by atoms with Crippen molar-refractivity contribution in [3.8, 4) is 0 Å². The molecule has 0 fully saturated rings. The van der Waals surface area contributed by atoms with E-state index in [1.54, 1.807) is 0 Å². The Morgan fingerprint density at radius 1 is 0.727 bits per heavy atom. The zero-order chi connectivity index (χ0) is 23.8. The number of unbranched alkanes of at least 4 members (excludes halogenated alkanes) is 16. The molecular weight excluding hydrogens is 461 g/mol. The first kappa shape index (κ1) is 35.9. The summed E-state index contributed by atoms with van der Waals surface area (Å²) in [6.45, 7) is 2.62. The SMILES string of the molecule is CCCCCCCC/C=C/CCCCCCCCCCCC([O-])=NCCCCS(=O)(=O)O.[K+]. The van der Waals surface area contributed by atoms with Gasteiger partial charge in [0.1, 0.15) is 0 Å². The van der Waals surface area contributed by atoms with Gasteiger partial charge in [0.15, 0.2) is 0 Å². The van der Waals surface area contributed by atoms with E-state index >= 15 is 0 Å². The zero-order valence-electron chi connectivity index (χ0n) is 21.7. The van der Waals surface area contributed by atoms with Gasteiger partial charge in [-0.05, 0) is 57.3 Å². The molecule has 1 N–H and O–H groups in total. The number of hydrogen-bond acceptors (Lipinski definition) is 4. The summed E-state index contributed by atoms with van der Waals surface area (Å²) in [7, 11) is -3.89. The van der Waals surface area contributed by atoms with Crippen molar-refractivity contribution < 1.29 is 69.5 Å². The Hall–Kier alpha value is 0.756. The van der Waals surface area contributed by atoms with Crippen LogP contribution in [-0.4, -0.2) is 31.2 Å². The number of nitrogens with zero attached hydrogens (tertiary/aromatic N) is 1. The summed E-state index contributed by atoms with van der Waals surface area (Å²) in [5.41, 5.74) is 0. The van der Waals surface area contributed by atoms with Crippen molar-refractivity contribution in [2.24, 2.45) is 4.99 Å². The van der Waals surface area contributed by atoms with Crippen LogP contribution in [0.4, 0.5) is 0 Å². The summed E-state index contributed by atoms with van der Waals surface area (Å²) in [5, 5.41) is 11.6. The molecule has 0 aromatic rings. The van der Waals surface area contributed by atoms with Crippen molar-refractivity contribution in [1.82, 2.24) is 0 Å². The second-order valence-corrected chi connectivity index (χ2v) is 10.6. The molecule has 190 valence electrons. The minimum atomic E-state index is -3.89. The fourth-order valence-corrected chi connectivity index (χ4v) is 4.30. The fourth-order valence-electron chi connectivity index (χ4n) is 3.73. The van der Waals surface area contributed by atoms with E-state index in [1.165, 1.54) is 96.3 Å². The average Bonchev–Trinajstić information content (AvgIpc) is 2.74. The van der Waals surface area contributed by atoms with Crippen LogP contribution in [0, 0.1) is 0 Å². The van der Waals surface area contributed by atoms with Gasteiger partial charge in [0.25, 0.3) is 10.1 Å². The largest absolute Gasteiger partial charge is 1.00 e. The van der Waals surface area contributed by atoms with Crippen LogP contribution in [0.25, 0.3) is 0 Å². The van der Waals surface area contributed by atoms with Gasteiger partial charge in [0.2, 0.25) is 0 Å². The van der Waals surface area contributed by atoms with Crippen molar-refractivity contribution in [2.45, 2.75) is 135 Å². The molecule has 0 aliphatic heterocycles. The fraction of sp³-hybridized carbons (Fsp3) is 0.885. The van der Waals surface area contributed by atoms with Gasteiger partial charge >= 0.3 is 51.4 Å². The van der Waals surface area contributed by atoms with Gasteiger partial charge in [-0.15, -0.1) is 0 Å². The Morgan fingerprint density at radius 3 is 1.67 bits per heavy atom. The molecule has 33 heavy (non-hydrogen) atoms. The van der Waals surface area contributed by atoms with Gasteiger partial charge in [-0.25, -0.2) is 0 Å². The molecule has 5 nitrogen and oxygen atoms in total. The summed E-state index contributed by atoms with van der Waals surface area (Å²) in [6.07, 6.45) is 27.8. The van der Waals surface area contributed by atoms with E-state index in [1.807, 2.05) is 0 Å². The van der Waals surface area contributed by atoms with Gasteiger partial charge in [-0.1, -0.05) is 96.1 Å². The molecule has 0 amide bonds. The summed E-state index contributed by atoms with van der Waals surface area (Å²) in [4.78, 5) is 3.94. The minimum absolute atomic E-state index is 0. The number of aliphatic imine (C=N–C) groups is 1. The smallest absolute Gasteiger partial charge is 0.862 e. The topological polar surface area (TPSA) is 89.8 Å². The maximum absolute atomic E-state index is 11.6. The Labute approximate surface area is 247 Å². The van der Waals surface area contributed by atoms with E-state index in [9.17, 15) is 13.5 Å². The standard InChI is InChI=1S/C26H51NO4S.K/c1-2-3-4-5-6-7-8-9-10-11-12-13-14-15-16-17-18-19-20-23-26(28)27-24-21-22-25-32(29,30)31;/h9-10H,2-8,11-25H2,1H3,(H,27,28)(H,29,30,31);/q;+1/p-1/b10-9+;. The maximum Gasteiger partial charge on any atom is 1.00 e. The predicted octanol–water partition coefficient (Wildman–Crippen LogP) is 4.02. The van der Waals surface area contributed by atoms with E-state index in [2.05, 4.69) is 24.1 Å². The van der Waals surface area contributed by atoms with Crippen LogP contribution in [-0.2, 0) is 10.1 Å². The second kappa shape index (κ2) is 27.3. The first-order valence-electron chi connectivity index (χ1n) is 13.3. The van der Waals surface area contributed by atoms with E-state index in [0.29, 0.717) is 25.8 Å². The van der Waals surface area contributed by atoms with E-state index < -0.39 is 10.1 Å². The molecule has 7 heteroatoms. The van der Waals surface area contributed by atoms with Crippen molar-refractivity contribution in [2.75, 3.05) is 12.3 Å². The third kappa shape index (κ3) is 32.8. The van der Waals surface area contributed by atoms with Gasteiger partial charge in [0.05, 0.1) is 5.75 Å². The molecule has 0 unspecified atom stereocenters. The molecule has 0 saturated heterocycles. The Kier molecular flexibility index (Phi) is 29.8. The molecule has 0 bridgehead atoms. The zero-order valence-corrected chi connectivity index (χ0v) is 25.7. The monoisotopic (exact) mass is 511 g/mol. The van der Waals surface area contributed by atoms with Crippen molar-refractivity contribution >= 4 is 16.0 Å².